The van der Waals surface area contributed by atoms with E-state index in [0.717, 1.165) is 12.0 Å². The van der Waals surface area contributed by atoms with Crippen molar-refractivity contribution in [2.24, 2.45) is 0 Å². The molecule has 0 saturated heterocycles. The molecule has 2 rings (SSSR count). The van der Waals surface area contributed by atoms with Gasteiger partial charge in [-0.15, -0.1) is 0 Å². The molecule has 0 saturated carbocycles. The molecule has 1 radical (unpaired) electrons. The standard InChI is InChI=1S/C13H15N2O/c1-2-11-3-5-12(6-4-11)13(16)9-15-8-7-14-10-15/h3-8,10,14H,2,9H2,1H3. The minimum Gasteiger partial charge on any atom is -0.367 e. The van der Waals surface area contributed by atoms with Gasteiger partial charge in [0, 0.05) is 18.0 Å². The Hall–Kier alpha value is -1.77. The average molecular weight is 215 g/mol. The Morgan fingerprint density at radius 1 is 1.31 bits per heavy atom. The number of ketones is 1. The van der Waals surface area contributed by atoms with Gasteiger partial charge in [0.2, 0.25) is 0 Å². The predicted molar refractivity (Wildman–Crippen MR) is 63.4 cm³/mol. The van der Waals surface area contributed by atoms with Crippen LogP contribution in [0.3, 0.4) is 0 Å². The molecule has 16 heavy (non-hydrogen) atoms. The number of rotatable bonds is 4. The Bertz CT molecular complexity index is 395. The first-order valence-corrected chi connectivity index (χ1v) is 5.43. The third-order valence-electron chi connectivity index (χ3n) is 2.61. The summed E-state index contributed by atoms with van der Waals surface area (Å²) in [5, 5.41) is 2.92. The highest BCUT2D eigenvalue weighted by Crippen LogP contribution is 2.08. The van der Waals surface area contributed by atoms with Gasteiger partial charge >= 0.3 is 0 Å². The molecule has 0 atom stereocenters. The highest BCUT2D eigenvalue weighted by atomic mass is 16.1. The molecule has 1 heterocycles. The topological polar surface area (TPSA) is 32.3 Å². The number of hydrogen-bond donors (Lipinski definition) is 1. The van der Waals surface area contributed by atoms with Crippen LogP contribution in [0.5, 0.6) is 0 Å². The highest BCUT2D eigenvalue weighted by molar-refractivity contribution is 5.97. The highest BCUT2D eigenvalue weighted by Gasteiger charge is 2.11. The number of benzene rings is 1. The first-order valence-electron chi connectivity index (χ1n) is 5.43. The zero-order valence-electron chi connectivity index (χ0n) is 9.31. The van der Waals surface area contributed by atoms with Crippen molar-refractivity contribution >= 4 is 5.78 Å². The van der Waals surface area contributed by atoms with Gasteiger partial charge in [-0.05, 0) is 12.0 Å². The maximum atomic E-state index is 11.9. The summed E-state index contributed by atoms with van der Waals surface area (Å²) < 4.78 is 0. The lowest BCUT2D eigenvalue weighted by molar-refractivity contribution is 0.0965. The lowest BCUT2D eigenvalue weighted by atomic mass is 10.1. The van der Waals surface area contributed by atoms with Crippen LogP contribution in [0.2, 0.25) is 0 Å². The molecule has 1 aliphatic rings. The van der Waals surface area contributed by atoms with Crippen LogP contribution in [0.4, 0.5) is 0 Å². The summed E-state index contributed by atoms with van der Waals surface area (Å²) in [5.41, 5.74) is 2.02. The van der Waals surface area contributed by atoms with Crippen LogP contribution >= 0.6 is 0 Å². The smallest absolute Gasteiger partial charge is 0.182 e. The minimum absolute atomic E-state index is 0.132. The number of carbonyl (C=O) groups is 1. The monoisotopic (exact) mass is 215 g/mol. The quantitative estimate of drug-likeness (QED) is 0.779. The summed E-state index contributed by atoms with van der Waals surface area (Å²) in [6.07, 6.45) is 4.65. The Kier molecular flexibility index (Phi) is 3.25. The van der Waals surface area contributed by atoms with Gasteiger partial charge in [-0.25, -0.2) is 0 Å². The Morgan fingerprint density at radius 2 is 2.06 bits per heavy atom. The van der Waals surface area contributed by atoms with E-state index < -0.39 is 0 Å². The fourth-order valence-electron chi connectivity index (χ4n) is 1.60. The van der Waals surface area contributed by atoms with Crippen molar-refractivity contribution in [1.29, 1.82) is 0 Å². The van der Waals surface area contributed by atoms with Crippen LogP contribution in [-0.4, -0.2) is 17.2 Å². The van der Waals surface area contributed by atoms with Crippen LogP contribution < -0.4 is 5.32 Å². The largest absolute Gasteiger partial charge is 0.367 e. The van der Waals surface area contributed by atoms with E-state index in [1.165, 1.54) is 5.56 Å². The molecule has 83 valence electrons. The second kappa shape index (κ2) is 4.84. The van der Waals surface area contributed by atoms with E-state index in [1.54, 1.807) is 12.9 Å². The molecule has 0 aliphatic carbocycles. The summed E-state index contributed by atoms with van der Waals surface area (Å²) in [5.74, 6) is 0.132. The van der Waals surface area contributed by atoms with E-state index in [-0.39, 0.29) is 5.78 Å². The van der Waals surface area contributed by atoms with Gasteiger partial charge in [0.25, 0.3) is 0 Å². The van der Waals surface area contributed by atoms with Crippen molar-refractivity contribution < 1.29 is 4.79 Å². The molecule has 0 unspecified atom stereocenters. The van der Waals surface area contributed by atoms with E-state index in [0.29, 0.717) is 6.54 Å². The number of nitrogens with one attached hydrogen (secondary N) is 1. The third kappa shape index (κ3) is 2.42. The number of Topliss-reactive ketones (excluding diaryl/α,β-unsaturated/α-hetero) is 1. The second-order valence-electron chi connectivity index (χ2n) is 3.76. The normalized spacial score (nSPS) is 13.9. The van der Waals surface area contributed by atoms with E-state index >= 15 is 0 Å². The van der Waals surface area contributed by atoms with Crippen LogP contribution in [0.1, 0.15) is 22.8 Å². The van der Waals surface area contributed by atoms with Crippen molar-refractivity contribution in [3.63, 3.8) is 0 Å². The summed E-state index contributed by atoms with van der Waals surface area (Å²) in [6, 6.07) is 7.81. The lowest BCUT2D eigenvalue weighted by Crippen LogP contribution is -2.23. The van der Waals surface area contributed by atoms with E-state index in [9.17, 15) is 4.79 Å². The average Bonchev–Trinajstić information content (AvgIpc) is 2.82. The van der Waals surface area contributed by atoms with Crippen molar-refractivity contribution in [2.45, 2.75) is 13.3 Å². The molecule has 1 N–H and O–H groups in total. The fourth-order valence-corrected chi connectivity index (χ4v) is 1.60. The predicted octanol–water partition coefficient (Wildman–Crippen LogP) is 1.93. The molecule has 0 bridgehead atoms. The summed E-state index contributed by atoms with van der Waals surface area (Å²) in [6.45, 7) is 4.26. The van der Waals surface area contributed by atoms with Gasteiger partial charge in [0.05, 0.1) is 6.54 Å². The van der Waals surface area contributed by atoms with Crippen LogP contribution in [0.15, 0.2) is 36.7 Å². The molecule has 3 nitrogen and oxygen atoms in total. The Labute approximate surface area is 95.8 Å². The Morgan fingerprint density at radius 3 is 2.62 bits per heavy atom. The van der Waals surface area contributed by atoms with Crippen molar-refractivity contribution in [3.8, 4) is 0 Å². The van der Waals surface area contributed by atoms with Crippen LogP contribution in [0, 0.1) is 6.67 Å². The van der Waals surface area contributed by atoms with Crippen molar-refractivity contribution in [2.75, 3.05) is 6.54 Å². The lowest BCUT2D eigenvalue weighted by Gasteiger charge is -2.12. The zero-order chi connectivity index (χ0) is 11.4. The van der Waals surface area contributed by atoms with E-state index in [2.05, 4.69) is 12.2 Å². The first-order chi connectivity index (χ1) is 7.79. The molecule has 1 aromatic rings. The molecule has 1 aromatic carbocycles. The number of carbonyl (C=O) groups excluding carboxylic acids is 1. The minimum atomic E-state index is 0.132. The van der Waals surface area contributed by atoms with Gasteiger partial charge < -0.3 is 10.2 Å². The molecule has 0 spiro atoms. The number of aryl methyl sites for hydroxylation is 1. The summed E-state index contributed by atoms with van der Waals surface area (Å²) in [4.78, 5) is 13.7. The third-order valence-corrected chi connectivity index (χ3v) is 2.61. The maximum absolute atomic E-state index is 11.9. The fraction of sp³-hybridized carbons (Fsp3) is 0.231. The van der Waals surface area contributed by atoms with Gasteiger partial charge in [-0.3, -0.25) is 4.79 Å². The molecular formula is C13H15N2O. The van der Waals surface area contributed by atoms with E-state index in [1.807, 2.05) is 35.4 Å². The van der Waals surface area contributed by atoms with Crippen LogP contribution in [0.25, 0.3) is 0 Å². The molecular weight excluding hydrogens is 200 g/mol. The van der Waals surface area contributed by atoms with Gasteiger partial charge in [-0.2, -0.15) is 0 Å². The van der Waals surface area contributed by atoms with Gasteiger partial charge in [-0.1, -0.05) is 31.2 Å². The molecule has 3 heteroatoms. The molecule has 0 fully saturated rings. The molecule has 1 aliphatic heterocycles. The molecule has 0 aromatic heterocycles. The van der Waals surface area contributed by atoms with Gasteiger partial charge in [0.15, 0.2) is 5.78 Å². The number of hydrogen-bond acceptors (Lipinski definition) is 3. The first kappa shape index (κ1) is 10.7. The van der Waals surface area contributed by atoms with Crippen molar-refractivity contribution in [3.05, 3.63) is 54.5 Å². The van der Waals surface area contributed by atoms with Crippen LogP contribution in [-0.2, 0) is 6.42 Å². The molecule has 0 amide bonds. The number of nitrogens with zero attached hydrogens (tertiary/aromatic N) is 1. The maximum Gasteiger partial charge on any atom is 0.182 e. The second-order valence-corrected chi connectivity index (χ2v) is 3.76. The van der Waals surface area contributed by atoms with Crippen molar-refractivity contribution in [1.82, 2.24) is 10.2 Å². The van der Waals surface area contributed by atoms with Gasteiger partial charge in [0.1, 0.15) is 6.67 Å². The zero-order valence-corrected chi connectivity index (χ0v) is 9.31. The summed E-state index contributed by atoms with van der Waals surface area (Å²) >= 11 is 0. The SMILES string of the molecule is CCc1ccc(C(=O)CN2[CH]NC=C2)cc1. The van der Waals surface area contributed by atoms with E-state index in [4.69, 9.17) is 0 Å². The summed E-state index contributed by atoms with van der Waals surface area (Å²) in [7, 11) is 0. The Balaban J connectivity index is 1.99.